The van der Waals surface area contributed by atoms with Crippen molar-refractivity contribution in [3.63, 3.8) is 0 Å². The number of nitrogens with one attached hydrogen (secondary N) is 1. The summed E-state index contributed by atoms with van der Waals surface area (Å²) < 4.78 is 11.4. The van der Waals surface area contributed by atoms with E-state index in [0.29, 0.717) is 47.6 Å². The number of rotatable bonds is 12. The molecule has 1 fully saturated rings. The Morgan fingerprint density at radius 2 is 1.78 bits per heavy atom. The fourth-order valence-corrected chi connectivity index (χ4v) is 5.00. The van der Waals surface area contributed by atoms with Crippen LogP contribution in [0.25, 0.3) is 0 Å². The summed E-state index contributed by atoms with van der Waals surface area (Å²) in [5.74, 6) is 1.05. The molecule has 2 aromatic rings. The van der Waals surface area contributed by atoms with Gasteiger partial charge in [0.05, 0.1) is 13.7 Å². The van der Waals surface area contributed by atoms with Crippen molar-refractivity contribution >= 4 is 35.0 Å². The number of methoxy groups -OCH3 is 1. The minimum Gasteiger partial charge on any atom is -0.493 e. The molecule has 1 aliphatic rings. The molecule has 1 saturated carbocycles. The third-order valence-electron chi connectivity index (χ3n) is 6.88. The van der Waals surface area contributed by atoms with Crippen molar-refractivity contribution < 1.29 is 19.1 Å². The maximum Gasteiger partial charge on any atom is 0.247 e. The number of nitrogens with zero attached hydrogens (tertiary/aromatic N) is 1. The van der Waals surface area contributed by atoms with E-state index in [9.17, 15) is 9.59 Å². The fraction of sp³-hybridized carbons (Fsp3) is 0.517. The van der Waals surface area contributed by atoms with Gasteiger partial charge in [0, 0.05) is 17.6 Å². The third-order valence-corrected chi connectivity index (χ3v) is 7.36. The fourth-order valence-electron chi connectivity index (χ4n) is 4.72. The Bertz CT molecular complexity index is 1020. The van der Waals surface area contributed by atoms with Gasteiger partial charge in [-0.3, -0.25) is 9.59 Å². The Balaban J connectivity index is 1.93. The summed E-state index contributed by atoms with van der Waals surface area (Å²) in [5, 5.41) is 3.87. The number of hydrogen-bond donors (Lipinski definition) is 1. The number of hydrogen-bond acceptors (Lipinski definition) is 4. The molecule has 2 aromatic carbocycles. The summed E-state index contributed by atoms with van der Waals surface area (Å²) in [6.45, 7) is 5.15. The molecule has 6 nitrogen and oxygen atoms in total. The van der Waals surface area contributed by atoms with Gasteiger partial charge < -0.3 is 19.7 Å². The van der Waals surface area contributed by atoms with E-state index in [-0.39, 0.29) is 23.7 Å². The van der Waals surface area contributed by atoms with Crippen LogP contribution >= 0.6 is 23.2 Å². The predicted octanol–water partition coefficient (Wildman–Crippen LogP) is 6.18. The smallest absolute Gasteiger partial charge is 0.247 e. The monoisotopic (exact) mass is 548 g/mol. The van der Waals surface area contributed by atoms with Crippen LogP contribution in [0.2, 0.25) is 5.02 Å². The molecule has 1 aliphatic carbocycles. The second-order valence-corrected chi connectivity index (χ2v) is 10.4. The van der Waals surface area contributed by atoms with Crippen LogP contribution in [0.1, 0.15) is 63.1 Å². The predicted molar refractivity (Wildman–Crippen MR) is 149 cm³/mol. The summed E-state index contributed by atoms with van der Waals surface area (Å²) in [7, 11) is 1.57. The van der Waals surface area contributed by atoms with Crippen LogP contribution in [0, 0.1) is 5.92 Å². The van der Waals surface area contributed by atoms with Crippen LogP contribution in [0.3, 0.4) is 0 Å². The highest BCUT2D eigenvalue weighted by Crippen LogP contribution is 2.33. The summed E-state index contributed by atoms with van der Waals surface area (Å²) in [6, 6.07) is 12.1. The van der Waals surface area contributed by atoms with E-state index < -0.39 is 6.04 Å². The molecule has 202 valence electrons. The van der Waals surface area contributed by atoms with Crippen LogP contribution in [-0.2, 0) is 16.0 Å². The zero-order chi connectivity index (χ0) is 26.8. The first-order valence-electron chi connectivity index (χ1n) is 13.1. The van der Waals surface area contributed by atoms with Gasteiger partial charge in [0.2, 0.25) is 11.8 Å². The lowest BCUT2D eigenvalue weighted by Crippen LogP contribution is -2.48. The van der Waals surface area contributed by atoms with Gasteiger partial charge in [-0.1, -0.05) is 43.6 Å². The number of ether oxygens (including phenoxy) is 2. The van der Waals surface area contributed by atoms with Gasteiger partial charge in [0.1, 0.15) is 11.9 Å². The van der Waals surface area contributed by atoms with Crippen molar-refractivity contribution in [1.29, 1.82) is 0 Å². The zero-order valence-corrected chi connectivity index (χ0v) is 23.5. The molecule has 0 radical (unpaired) electrons. The quantitative estimate of drug-likeness (QED) is 0.321. The first-order chi connectivity index (χ1) is 17.9. The second kappa shape index (κ2) is 14.5. The lowest BCUT2D eigenvalue weighted by molar-refractivity contribution is -0.139. The largest absolute Gasteiger partial charge is 0.493 e. The SMILES string of the molecule is CCCOc1ccc([C@@H](C(=O)NC2CCC(C)CC2)N(CCc2ccc(Cl)cc2)C(=O)CCl)cc1OC. The highest BCUT2D eigenvalue weighted by molar-refractivity contribution is 6.30. The molecule has 37 heavy (non-hydrogen) atoms. The number of carbonyl (C=O) groups excluding carboxylic acids is 2. The Morgan fingerprint density at radius 1 is 1.08 bits per heavy atom. The van der Waals surface area contributed by atoms with Gasteiger partial charge in [-0.05, 0) is 79.8 Å². The normalized spacial score (nSPS) is 18.1. The maximum absolute atomic E-state index is 13.8. The molecule has 0 spiro atoms. The maximum atomic E-state index is 13.8. The minimum atomic E-state index is -0.855. The van der Waals surface area contributed by atoms with E-state index in [4.69, 9.17) is 32.7 Å². The van der Waals surface area contributed by atoms with Crippen LogP contribution in [-0.4, -0.2) is 48.9 Å². The average molecular weight is 550 g/mol. The van der Waals surface area contributed by atoms with Gasteiger partial charge in [-0.25, -0.2) is 0 Å². The van der Waals surface area contributed by atoms with Gasteiger partial charge in [0.15, 0.2) is 11.5 Å². The molecule has 3 rings (SSSR count). The number of amides is 2. The average Bonchev–Trinajstić information content (AvgIpc) is 2.91. The standard InChI is InChI=1S/C29H38Cl2N2O4/c1-4-17-37-25-14-9-22(18-26(25)36-3)28(29(35)32-24-12-5-20(2)6-13-24)33(27(34)19-30)16-15-21-7-10-23(31)11-8-21/h7-11,14,18,20,24,28H,4-6,12-13,15-17,19H2,1-3H3,(H,32,35)/t20?,24?,28-/m0/s1. The molecular weight excluding hydrogens is 511 g/mol. The molecule has 1 N–H and O–H groups in total. The number of benzene rings is 2. The summed E-state index contributed by atoms with van der Waals surface area (Å²) in [4.78, 5) is 28.5. The third kappa shape index (κ3) is 8.27. The Labute approximate surface area is 230 Å². The molecule has 0 aromatic heterocycles. The minimum absolute atomic E-state index is 0.0875. The van der Waals surface area contributed by atoms with Crippen molar-refractivity contribution in [3.05, 3.63) is 58.6 Å². The van der Waals surface area contributed by atoms with Crippen molar-refractivity contribution in [2.75, 3.05) is 26.1 Å². The lowest BCUT2D eigenvalue weighted by Gasteiger charge is -2.34. The van der Waals surface area contributed by atoms with Gasteiger partial charge in [0.25, 0.3) is 0 Å². The number of carbonyl (C=O) groups is 2. The summed E-state index contributed by atoms with van der Waals surface area (Å²) >= 11 is 12.1. The zero-order valence-electron chi connectivity index (χ0n) is 22.0. The van der Waals surface area contributed by atoms with Crippen LogP contribution in [0.5, 0.6) is 11.5 Å². The van der Waals surface area contributed by atoms with Crippen molar-refractivity contribution in [2.24, 2.45) is 5.92 Å². The first kappa shape index (κ1) is 29.1. The van der Waals surface area contributed by atoms with E-state index in [0.717, 1.165) is 37.7 Å². The van der Waals surface area contributed by atoms with Crippen LogP contribution < -0.4 is 14.8 Å². The summed E-state index contributed by atoms with van der Waals surface area (Å²) in [6.07, 6.45) is 5.43. The summed E-state index contributed by atoms with van der Waals surface area (Å²) in [5.41, 5.74) is 1.66. The number of alkyl halides is 1. The Kier molecular flexibility index (Phi) is 11.4. The molecular formula is C29H38Cl2N2O4. The van der Waals surface area contributed by atoms with E-state index in [1.54, 1.807) is 24.1 Å². The van der Waals surface area contributed by atoms with Crippen LogP contribution in [0.15, 0.2) is 42.5 Å². The molecule has 1 atom stereocenters. The van der Waals surface area contributed by atoms with Gasteiger partial charge in [-0.2, -0.15) is 0 Å². The topological polar surface area (TPSA) is 67.9 Å². The molecule has 0 bridgehead atoms. The van der Waals surface area contributed by atoms with Gasteiger partial charge in [-0.15, -0.1) is 11.6 Å². The molecule has 2 amide bonds. The second-order valence-electron chi connectivity index (χ2n) is 9.72. The first-order valence-corrected chi connectivity index (χ1v) is 14.0. The van der Waals surface area contributed by atoms with Crippen LogP contribution in [0.4, 0.5) is 0 Å². The van der Waals surface area contributed by atoms with Crippen molar-refractivity contribution in [3.8, 4) is 11.5 Å². The van der Waals surface area contributed by atoms with E-state index in [1.165, 1.54) is 0 Å². The van der Waals surface area contributed by atoms with Gasteiger partial charge >= 0.3 is 0 Å². The van der Waals surface area contributed by atoms with Crippen molar-refractivity contribution in [2.45, 2.75) is 64.5 Å². The lowest BCUT2D eigenvalue weighted by atomic mass is 9.87. The molecule has 0 aliphatic heterocycles. The van der Waals surface area contributed by atoms with E-state index >= 15 is 0 Å². The molecule has 0 saturated heterocycles. The Hall–Kier alpha value is -2.44. The Morgan fingerprint density at radius 3 is 2.41 bits per heavy atom. The van der Waals surface area contributed by atoms with E-state index in [1.807, 2.05) is 37.3 Å². The molecule has 8 heteroatoms. The molecule has 0 unspecified atom stereocenters. The van der Waals surface area contributed by atoms with E-state index in [2.05, 4.69) is 12.2 Å². The molecule has 0 heterocycles. The highest BCUT2D eigenvalue weighted by Gasteiger charge is 2.33. The highest BCUT2D eigenvalue weighted by atomic mass is 35.5. The van der Waals surface area contributed by atoms with Crippen molar-refractivity contribution in [1.82, 2.24) is 10.2 Å². The number of halogens is 2.